The zero-order valence-electron chi connectivity index (χ0n) is 8.66. The van der Waals surface area contributed by atoms with Crippen molar-refractivity contribution in [2.75, 3.05) is 7.11 Å². The molecule has 0 fully saturated rings. The van der Waals surface area contributed by atoms with Crippen molar-refractivity contribution in [2.45, 2.75) is 13.8 Å². The van der Waals surface area contributed by atoms with Gasteiger partial charge in [-0.3, -0.25) is 0 Å². The number of aryl methyl sites for hydroxylation is 2. The highest BCUT2D eigenvalue weighted by Crippen LogP contribution is 2.23. The van der Waals surface area contributed by atoms with E-state index in [1.165, 1.54) is 6.08 Å². The van der Waals surface area contributed by atoms with E-state index in [1.54, 1.807) is 7.11 Å². The van der Waals surface area contributed by atoms with Gasteiger partial charge < -0.3 is 4.74 Å². The molecule has 0 heterocycles. The lowest BCUT2D eigenvalue weighted by Gasteiger charge is -2.08. The molecule has 0 aliphatic heterocycles. The minimum Gasteiger partial charge on any atom is -0.496 e. The van der Waals surface area contributed by atoms with Gasteiger partial charge in [-0.2, -0.15) is 5.26 Å². The molecule has 2 heteroatoms. The van der Waals surface area contributed by atoms with Crippen LogP contribution in [-0.2, 0) is 0 Å². The summed E-state index contributed by atoms with van der Waals surface area (Å²) < 4.78 is 5.20. The minimum atomic E-state index is 0.886. The zero-order valence-corrected chi connectivity index (χ0v) is 8.66. The first kappa shape index (κ1) is 10.3. The molecule has 0 aromatic heterocycles. The highest BCUT2D eigenvalue weighted by Gasteiger charge is 2.01. The van der Waals surface area contributed by atoms with Crippen LogP contribution in [0.25, 0.3) is 6.08 Å². The van der Waals surface area contributed by atoms with Crippen molar-refractivity contribution in [2.24, 2.45) is 0 Å². The first-order chi connectivity index (χ1) is 6.69. The molecule has 0 aliphatic rings. The Balaban J connectivity index is 3.16. The molecule has 0 spiro atoms. The van der Waals surface area contributed by atoms with Crippen molar-refractivity contribution < 1.29 is 4.74 Å². The number of nitriles is 1. The third-order valence-corrected chi connectivity index (χ3v) is 2.12. The van der Waals surface area contributed by atoms with Crippen LogP contribution >= 0.6 is 0 Å². The van der Waals surface area contributed by atoms with E-state index in [-0.39, 0.29) is 0 Å². The van der Waals surface area contributed by atoms with E-state index in [0.29, 0.717) is 0 Å². The smallest absolute Gasteiger partial charge is 0.122 e. The normalized spacial score (nSPS) is 10.1. The molecule has 0 radical (unpaired) electrons. The Kier molecular flexibility index (Phi) is 3.30. The summed E-state index contributed by atoms with van der Waals surface area (Å²) in [6.07, 6.45) is 3.29. The first-order valence-corrected chi connectivity index (χ1v) is 4.40. The molecular weight excluding hydrogens is 174 g/mol. The Labute approximate surface area is 84.4 Å². The van der Waals surface area contributed by atoms with Crippen LogP contribution in [0.2, 0.25) is 0 Å². The van der Waals surface area contributed by atoms with Crippen LogP contribution in [0.3, 0.4) is 0 Å². The lowest BCUT2D eigenvalue weighted by atomic mass is 10.0. The van der Waals surface area contributed by atoms with Crippen molar-refractivity contribution in [3.8, 4) is 11.8 Å². The maximum Gasteiger partial charge on any atom is 0.122 e. The summed E-state index contributed by atoms with van der Waals surface area (Å²) in [4.78, 5) is 0. The predicted octanol–water partition coefficient (Wildman–Crippen LogP) is 2.85. The molecule has 72 valence electrons. The third-order valence-electron chi connectivity index (χ3n) is 2.12. The Bertz CT molecular complexity index is 400. The Hall–Kier alpha value is -1.75. The molecule has 1 rings (SSSR count). The molecule has 0 N–H and O–H groups in total. The van der Waals surface area contributed by atoms with E-state index in [2.05, 4.69) is 0 Å². The molecular formula is C12H13NO. The van der Waals surface area contributed by atoms with Crippen LogP contribution in [-0.4, -0.2) is 7.11 Å². The maximum atomic E-state index is 8.43. The number of allylic oxidation sites excluding steroid dienone is 1. The van der Waals surface area contributed by atoms with Crippen LogP contribution < -0.4 is 4.74 Å². The molecule has 0 bridgehead atoms. The van der Waals surface area contributed by atoms with Crippen LogP contribution in [0, 0.1) is 25.2 Å². The molecule has 14 heavy (non-hydrogen) atoms. The van der Waals surface area contributed by atoms with Gasteiger partial charge in [-0.15, -0.1) is 0 Å². The lowest BCUT2D eigenvalue weighted by molar-refractivity contribution is 0.411. The summed E-state index contributed by atoms with van der Waals surface area (Å²) in [6, 6.07) is 5.97. The van der Waals surface area contributed by atoms with Gasteiger partial charge in [0.15, 0.2) is 0 Å². The molecule has 0 amide bonds. The largest absolute Gasteiger partial charge is 0.496 e. The van der Waals surface area contributed by atoms with E-state index in [4.69, 9.17) is 10.00 Å². The molecule has 0 saturated heterocycles. The monoisotopic (exact) mass is 187 g/mol. The van der Waals surface area contributed by atoms with E-state index in [1.807, 2.05) is 38.1 Å². The van der Waals surface area contributed by atoms with Gasteiger partial charge >= 0.3 is 0 Å². The Morgan fingerprint density at radius 2 is 2.00 bits per heavy atom. The second-order valence-corrected chi connectivity index (χ2v) is 3.14. The summed E-state index contributed by atoms with van der Waals surface area (Å²) in [5.74, 6) is 0.886. The lowest BCUT2D eigenvalue weighted by Crippen LogP contribution is -1.90. The van der Waals surface area contributed by atoms with E-state index in [0.717, 1.165) is 22.4 Å². The van der Waals surface area contributed by atoms with Crippen molar-refractivity contribution in [1.82, 2.24) is 0 Å². The van der Waals surface area contributed by atoms with Crippen LogP contribution in [0.15, 0.2) is 18.2 Å². The quantitative estimate of drug-likeness (QED) is 0.667. The van der Waals surface area contributed by atoms with Crippen LogP contribution in [0.1, 0.15) is 16.7 Å². The standard InChI is InChI=1S/C12H13NO/c1-9-8-12(14-3)10(2)7-11(9)5-4-6-13/h4-5,7-8H,1-3H3. The molecule has 2 nitrogen and oxygen atoms in total. The second kappa shape index (κ2) is 4.48. The van der Waals surface area contributed by atoms with Crippen molar-refractivity contribution in [3.63, 3.8) is 0 Å². The van der Waals surface area contributed by atoms with E-state index >= 15 is 0 Å². The topological polar surface area (TPSA) is 33.0 Å². The molecule has 1 aromatic carbocycles. The van der Waals surface area contributed by atoms with Gasteiger partial charge in [0.25, 0.3) is 0 Å². The Morgan fingerprint density at radius 3 is 2.57 bits per heavy atom. The number of benzene rings is 1. The van der Waals surface area contributed by atoms with E-state index < -0.39 is 0 Å². The first-order valence-electron chi connectivity index (χ1n) is 4.40. The number of ether oxygens (including phenoxy) is 1. The number of hydrogen-bond acceptors (Lipinski definition) is 2. The fraction of sp³-hybridized carbons (Fsp3) is 0.250. The SMILES string of the molecule is COc1cc(C)c(C=CC#N)cc1C. The van der Waals surface area contributed by atoms with E-state index in [9.17, 15) is 0 Å². The maximum absolute atomic E-state index is 8.43. The van der Waals surface area contributed by atoms with Crippen LogP contribution in [0.4, 0.5) is 0 Å². The summed E-state index contributed by atoms with van der Waals surface area (Å²) >= 11 is 0. The van der Waals surface area contributed by atoms with Gasteiger partial charge in [0, 0.05) is 6.08 Å². The third kappa shape index (κ3) is 2.14. The van der Waals surface area contributed by atoms with Crippen molar-refractivity contribution >= 4 is 6.08 Å². The Morgan fingerprint density at radius 1 is 1.29 bits per heavy atom. The fourth-order valence-electron chi connectivity index (χ4n) is 1.34. The highest BCUT2D eigenvalue weighted by atomic mass is 16.5. The summed E-state index contributed by atoms with van der Waals surface area (Å²) in [7, 11) is 1.66. The minimum absolute atomic E-state index is 0.886. The fourth-order valence-corrected chi connectivity index (χ4v) is 1.34. The van der Waals surface area contributed by atoms with Gasteiger partial charge in [-0.1, -0.05) is 0 Å². The van der Waals surface area contributed by atoms with Gasteiger partial charge in [-0.25, -0.2) is 0 Å². The number of nitrogens with zero attached hydrogens (tertiary/aromatic N) is 1. The highest BCUT2D eigenvalue weighted by molar-refractivity contribution is 5.59. The summed E-state index contributed by atoms with van der Waals surface area (Å²) in [5, 5.41) is 8.43. The predicted molar refractivity (Wildman–Crippen MR) is 57.1 cm³/mol. The van der Waals surface area contributed by atoms with Crippen molar-refractivity contribution in [1.29, 1.82) is 5.26 Å². The number of methoxy groups -OCH3 is 1. The average molecular weight is 187 g/mol. The molecule has 0 atom stereocenters. The average Bonchev–Trinajstić information content (AvgIpc) is 2.18. The number of hydrogen-bond donors (Lipinski definition) is 0. The van der Waals surface area contributed by atoms with Crippen molar-refractivity contribution in [3.05, 3.63) is 34.9 Å². The van der Waals surface area contributed by atoms with Crippen LogP contribution in [0.5, 0.6) is 5.75 Å². The summed E-state index contributed by atoms with van der Waals surface area (Å²) in [5.41, 5.74) is 3.25. The second-order valence-electron chi connectivity index (χ2n) is 3.14. The molecule has 0 saturated carbocycles. The summed E-state index contributed by atoms with van der Waals surface area (Å²) in [6.45, 7) is 3.99. The number of rotatable bonds is 2. The van der Waals surface area contributed by atoms with Gasteiger partial charge in [0.1, 0.15) is 5.75 Å². The van der Waals surface area contributed by atoms with Gasteiger partial charge in [0.2, 0.25) is 0 Å². The van der Waals surface area contributed by atoms with Gasteiger partial charge in [0.05, 0.1) is 13.2 Å². The zero-order chi connectivity index (χ0) is 10.6. The molecule has 1 aromatic rings. The molecule has 0 unspecified atom stereocenters. The van der Waals surface area contributed by atoms with Gasteiger partial charge in [-0.05, 0) is 48.7 Å². The molecule has 0 aliphatic carbocycles.